The van der Waals surface area contributed by atoms with Crippen molar-refractivity contribution >= 4 is 12.2 Å². The van der Waals surface area contributed by atoms with Gasteiger partial charge in [-0.05, 0) is 75.6 Å². The Morgan fingerprint density at radius 2 is 0.875 bits per heavy atom. The van der Waals surface area contributed by atoms with Gasteiger partial charge in [0.05, 0.1) is 35.9 Å². The highest BCUT2D eigenvalue weighted by atomic mass is 16.6. The second-order valence-corrected chi connectivity index (χ2v) is 15.0. The lowest BCUT2D eigenvalue weighted by atomic mass is 10.0. The number of alkyl carbamates (subject to hydrolysis) is 2. The molecule has 2 heterocycles. The number of benzene rings is 2. The van der Waals surface area contributed by atoms with Crippen LogP contribution in [0.25, 0.3) is 33.6 Å². The molecule has 0 radical (unpaired) electrons. The Bertz CT molecular complexity index is 1580. The Labute approximate surface area is 285 Å². The van der Waals surface area contributed by atoms with Crippen LogP contribution in [-0.4, -0.2) is 42.5 Å². The summed E-state index contributed by atoms with van der Waals surface area (Å²) in [7, 11) is 3.94. The Morgan fingerprint density at radius 3 is 1.15 bits per heavy atom. The SMILES string of the molecule is CC(C)[C@H](NC(=O)OC(C)(C)C)c1ncc(-c2ccc(-c3ccc(-c4cnc([C@@H](NC(=O)OC(C)(C)C)C(C)C)n4C)cc3)cc2)n1C. The number of nitrogens with zero attached hydrogens (tertiary/aromatic N) is 4. The molecule has 2 atom stereocenters. The molecule has 10 heteroatoms. The number of amides is 2. The van der Waals surface area contributed by atoms with E-state index < -0.39 is 23.4 Å². The van der Waals surface area contributed by atoms with Gasteiger partial charge >= 0.3 is 12.2 Å². The topological polar surface area (TPSA) is 112 Å². The zero-order chi connectivity index (χ0) is 35.6. The normalized spacial score (nSPS) is 13.4. The van der Waals surface area contributed by atoms with E-state index in [2.05, 4.69) is 86.9 Å². The van der Waals surface area contributed by atoms with E-state index in [9.17, 15) is 9.59 Å². The van der Waals surface area contributed by atoms with Crippen LogP contribution in [-0.2, 0) is 23.6 Å². The summed E-state index contributed by atoms with van der Waals surface area (Å²) in [5.74, 6) is 1.76. The lowest BCUT2D eigenvalue weighted by Gasteiger charge is -2.25. The molecule has 2 amide bonds. The maximum Gasteiger partial charge on any atom is 0.408 e. The number of carbonyl (C=O) groups excluding carboxylic acids is 2. The van der Waals surface area contributed by atoms with E-state index in [1.165, 1.54) is 0 Å². The van der Waals surface area contributed by atoms with Crippen molar-refractivity contribution in [2.75, 3.05) is 0 Å². The quantitative estimate of drug-likeness (QED) is 0.187. The van der Waals surface area contributed by atoms with Crippen molar-refractivity contribution in [3.8, 4) is 33.6 Å². The molecule has 4 aromatic rings. The standard InChI is InChI=1S/C38H52N6O4/c1-23(2)31(41-35(45)47-37(5,6)7)33-39-21-29(43(33)11)27-17-13-25(14-18-27)26-15-19-28(20-16-26)30-22-40-34(44(30)12)32(24(3)4)42-36(46)48-38(8,9)10/h13-24,31-32H,1-12H3,(H,41,45)(H,42,46)/t31-,32-/m0/s1. The minimum absolute atomic E-state index is 0.111. The first-order chi connectivity index (χ1) is 22.3. The molecule has 0 fully saturated rings. The summed E-state index contributed by atoms with van der Waals surface area (Å²) in [6.45, 7) is 19.3. The van der Waals surface area contributed by atoms with Gasteiger partial charge < -0.3 is 29.2 Å². The molecule has 2 N–H and O–H groups in total. The zero-order valence-electron chi connectivity index (χ0n) is 30.5. The fraction of sp³-hybridized carbons (Fsp3) is 0.474. The second-order valence-electron chi connectivity index (χ2n) is 15.0. The Kier molecular flexibility index (Phi) is 10.8. The first-order valence-corrected chi connectivity index (χ1v) is 16.6. The van der Waals surface area contributed by atoms with Crippen LogP contribution >= 0.6 is 0 Å². The van der Waals surface area contributed by atoms with Crippen LogP contribution in [0, 0.1) is 11.8 Å². The maximum atomic E-state index is 12.6. The molecule has 0 saturated carbocycles. The lowest BCUT2D eigenvalue weighted by Crippen LogP contribution is -2.37. The van der Waals surface area contributed by atoms with E-state index in [1.54, 1.807) is 0 Å². The van der Waals surface area contributed by atoms with Crippen molar-refractivity contribution in [3.63, 3.8) is 0 Å². The minimum Gasteiger partial charge on any atom is -0.444 e. The molecule has 0 saturated heterocycles. The maximum absolute atomic E-state index is 12.6. The molecule has 258 valence electrons. The van der Waals surface area contributed by atoms with Gasteiger partial charge in [-0.3, -0.25) is 0 Å². The van der Waals surface area contributed by atoms with Gasteiger partial charge in [0, 0.05) is 14.1 Å². The van der Waals surface area contributed by atoms with E-state index in [0.29, 0.717) is 0 Å². The number of hydrogen-bond acceptors (Lipinski definition) is 6. The molecule has 0 spiro atoms. The van der Waals surface area contributed by atoms with E-state index in [0.717, 1.165) is 45.3 Å². The van der Waals surface area contributed by atoms with Crippen molar-refractivity contribution < 1.29 is 19.1 Å². The first-order valence-electron chi connectivity index (χ1n) is 16.6. The van der Waals surface area contributed by atoms with Crippen molar-refractivity contribution in [2.24, 2.45) is 25.9 Å². The van der Waals surface area contributed by atoms with Crippen molar-refractivity contribution in [3.05, 3.63) is 72.6 Å². The summed E-state index contributed by atoms with van der Waals surface area (Å²) < 4.78 is 15.1. The second kappa shape index (κ2) is 14.3. The van der Waals surface area contributed by atoms with Crippen LogP contribution in [0.3, 0.4) is 0 Å². The van der Waals surface area contributed by atoms with Crippen LogP contribution in [0.2, 0.25) is 0 Å². The van der Waals surface area contributed by atoms with Gasteiger partial charge in [-0.15, -0.1) is 0 Å². The number of rotatable bonds is 9. The zero-order valence-corrected chi connectivity index (χ0v) is 30.5. The van der Waals surface area contributed by atoms with E-state index in [-0.39, 0.29) is 23.9 Å². The molecular weight excluding hydrogens is 604 g/mol. The molecule has 10 nitrogen and oxygen atoms in total. The average molecular weight is 657 g/mol. The number of hydrogen-bond donors (Lipinski definition) is 2. The van der Waals surface area contributed by atoms with E-state index in [1.807, 2.05) is 77.2 Å². The van der Waals surface area contributed by atoms with Crippen LogP contribution in [0.4, 0.5) is 9.59 Å². The van der Waals surface area contributed by atoms with E-state index in [4.69, 9.17) is 19.4 Å². The monoisotopic (exact) mass is 656 g/mol. The summed E-state index contributed by atoms with van der Waals surface area (Å²) in [5.41, 5.74) is 4.98. The number of aromatic nitrogens is 4. The number of ether oxygens (including phenoxy) is 2. The molecule has 0 aliphatic rings. The van der Waals surface area contributed by atoms with Crippen LogP contribution in [0.15, 0.2) is 60.9 Å². The van der Waals surface area contributed by atoms with Gasteiger partial charge in [-0.1, -0.05) is 76.2 Å². The molecule has 0 bridgehead atoms. The predicted octanol–water partition coefficient (Wildman–Crippen LogP) is 8.60. The predicted molar refractivity (Wildman–Crippen MR) is 190 cm³/mol. The number of imidazole rings is 2. The summed E-state index contributed by atoms with van der Waals surface area (Å²) in [6, 6.07) is 16.2. The van der Waals surface area contributed by atoms with Gasteiger partial charge in [0.25, 0.3) is 0 Å². The molecular formula is C38H52N6O4. The fourth-order valence-corrected chi connectivity index (χ4v) is 5.56. The summed E-state index contributed by atoms with van der Waals surface area (Å²) in [6.07, 6.45) is 2.78. The molecule has 0 aliphatic carbocycles. The highest BCUT2D eigenvalue weighted by Crippen LogP contribution is 2.31. The largest absolute Gasteiger partial charge is 0.444 e. The van der Waals surface area contributed by atoms with Crippen LogP contribution in [0.5, 0.6) is 0 Å². The van der Waals surface area contributed by atoms with Crippen molar-refractivity contribution in [2.45, 2.75) is 92.5 Å². The van der Waals surface area contributed by atoms with E-state index >= 15 is 0 Å². The van der Waals surface area contributed by atoms with Gasteiger partial charge in [0.2, 0.25) is 0 Å². The number of nitrogens with one attached hydrogen (secondary N) is 2. The first kappa shape index (κ1) is 36.2. The highest BCUT2D eigenvalue weighted by molar-refractivity contribution is 5.72. The smallest absolute Gasteiger partial charge is 0.408 e. The Balaban J connectivity index is 1.50. The van der Waals surface area contributed by atoms with Gasteiger partial charge in [0.15, 0.2) is 0 Å². The highest BCUT2D eigenvalue weighted by Gasteiger charge is 2.28. The fourth-order valence-electron chi connectivity index (χ4n) is 5.56. The van der Waals surface area contributed by atoms with Gasteiger partial charge in [-0.25, -0.2) is 19.6 Å². The molecule has 0 unspecified atom stereocenters. The number of carbonyl (C=O) groups is 2. The van der Waals surface area contributed by atoms with Crippen LogP contribution < -0.4 is 10.6 Å². The van der Waals surface area contributed by atoms with Gasteiger partial charge in [0.1, 0.15) is 22.9 Å². The van der Waals surface area contributed by atoms with Crippen LogP contribution in [0.1, 0.15) is 93.0 Å². The summed E-state index contributed by atoms with van der Waals surface area (Å²) >= 11 is 0. The van der Waals surface area contributed by atoms with Gasteiger partial charge in [-0.2, -0.15) is 0 Å². The molecule has 0 aliphatic heterocycles. The molecule has 2 aromatic carbocycles. The summed E-state index contributed by atoms with van der Waals surface area (Å²) in [5, 5.41) is 6.00. The third-order valence-electron chi connectivity index (χ3n) is 7.98. The Hall–Kier alpha value is -4.60. The molecule has 48 heavy (non-hydrogen) atoms. The van der Waals surface area contributed by atoms with Crippen molar-refractivity contribution in [1.29, 1.82) is 0 Å². The average Bonchev–Trinajstić information content (AvgIpc) is 3.54. The molecule has 2 aromatic heterocycles. The minimum atomic E-state index is -0.582. The van der Waals surface area contributed by atoms with Crippen molar-refractivity contribution in [1.82, 2.24) is 29.7 Å². The third-order valence-corrected chi connectivity index (χ3v) is 7.98. The Morgan fingerprint density at radius 1 is 0.583 bits per heavy atom. The summed E-state index contributed by atoms with van der Waals surface area (Å²) in [4.78, 5) is 34.5. The third kappa shape index (κ3) is 8.85. The lowest BCUT2D eigenvalue weighted by molar-refractivity contribution is 0.0474. The molecule has 4 rings (SSSR count).